The zero-order valence-electron chi connectivity index (χ0n) is 9.60. The second kappa shape index (κ2) is 3.81. The Balaban J connectivity index is 2.27. The van der Waals surface area contributed by atoms with Gasteiger partial charge >= 0.3 is 0 Å². The van der Waals surface area contributed by atoms with Crippen LogP contribution < -0.4 is 0 Å². The highest BCUT2D eigenvalue weighted by atomic mass is 15.3. The molecule has 2 aromatic heterocycles. The van der Waals surface area contributed by atoms with E-state index in [1.165, 1.54) is 0 Å². The van der Waals surface area contributed by atoms with E-state index in [-0.39, 0.29) is 0 Å². The minimum atomic E-state index is 0.580. The standard InChI is InChI=1S/C11H13N5/c1-8-9(7-15(2)13-8)4-10-5-11(6-12)16(3)14-10/h5,7H,4H2,1-3H3. The first-order valence-electron chi connectivity index (χ1n) is 5.02. The minimum absolute atomic E-state index is 0.580. The second-order valence-corrected chi connectivity index (χ2v) is 3.85. The van der Waals surface area contributed by atoms with Gasteiger partial charge in [0.15, 0.2) is 0 Å². The predicted molar refractivity (Wildman–Crippen MR) is 58.7 cm³/mol. The Labute approximate surface area is 93.9 Å². The molecule has 0 unspecified atom stereocenters. The van der Waals surface area contributed by atoms with Crippen LogP contribution in [0.3, 0.4) is 0 Å². The fraction of sp³-hybridized carbons (Fsp3) is 0.364. The number of aryl methyl sites for hydroxylation is 3. The Bertz CT molecular complexity index is 555. The van der Waals surface area contributed by atoms with Crippen LogP contribution in [0.25, 0.3) is 0 Å². The van der Waals surface area contributed by atoms with Crippen LogP contribution in [-0.2, 0) is 20.5 Å². The summed E-state index contributed by atoms with van der Waals surface area (Å²) in [5.41, 5.74) is 3.63. The van der Waals surface area contributed by atoms with E-state index < -0.39 is 0 Å². The first kappa shape index (κ1) is 10.4. The van der Waals surface area contributed by atoms with Crippen molar-refractivity contribution >= 4 is 0 Å². The number of aromatic nitrogens is 4. The average Bonchev–Trinajstić information content (AvgIpc) is 2.71. The smallest absolute Gasteiger partial charge is 0.138 e. The van der Waals surface area contributed by atoms with Gasteiger partial charge in [-0.15, -0.1) is 0 Å². The van der Waals surface area contributed by atoms with E-state index in [1.807, 2.05) is 26.2 Å². The maximum atomic E-state index is 8.83. The van der Waals surface area contributed by atoms with Gasteiger partial charge in [0, 0.05) is 26.7 Å². The minimum Gasteiger partial charge on any atom is -0.275 e. The highest BCUT2D eigenvalue weighted by molar-refractivity contribution is 5.28. The van der Waals surface area contributed by atoms with Crippen molar-refractivity contribution in [3.8, 4) is 6.07 Å². The summed E-state index contributed by atoms with van der Waals surface area (Å²) in [6, 6.07) is 3.91. The first-order valence-corrected chi connectivity index (χ1v) is 5.02. The average molecular weight is 215 g/mol. The van der Waals surface area contributed by atoms with Gasteiger partial charge in [0.1, 0.15) is 11.8 Å². The van der Waals surface area contributed by atoms with Crippen LogP contribution in [0.5, 0.6) is 0 Å². The molecule has 0 radical (unpaired) electrons. The van der Waals surface area contributed by atoms with Gasteiger partial charge in [-0.05, 0) is 18.6 Å². The zero-order chi connectivity index (χ0) is 11.7. The summed E-state index contributed by atoms with van der Waals surface area (Å²) < 4.78 is 3.39. The molecule has 5 heteroatoms. The summed E-state index contributed by atoms with van der Waals surface area (Å²) in [5.74, 6) is 0. The van der Waals surface area contributed by atoms with Crippen LogP contribution in [0.1, 0.15) is 22.6 Å². The zero-order valence-corrected chi connectivity index (χ0v) is 9.60. The van der Waals surface area contributed by atoms with Crippen molar-refractivity contribution in [2.75, 3.05) is 0 Å². The molecule has 0 aliphatic rings. The quantitative estimate of drug-likeness (QED) is 0.748. The molecule has 16 heavy (non-hydrogen) atoms. The van der Waals surface area contributed by atoms with Gasteiger partial charge in [0.25, 0.3) is 0 Å². The third kappa shape index (κ3) is 1.82. The Morgan fingerprint density at radius 1 is 1.38 bits per heavy atom. The van der Waals surface area contributed by atoms with Crippen LogP contribution in [0.2, 0.25) is 0 Å². The molecule has 5 nitrogen and oxygen atoms in total. The largest absolute Gasteiger partial charge is 0.275 e. The molecule has 0 N–H and O–H groups in total. The Morgan fingerprint density at radius 3 is 2.62 bits per heavy atom. The van der Waals surface area contributed by atoms with Gasteiger partial charge in [-0.2, -0.15) is 15.5 Å². The number of hydrogen-bond acceptors (Lipinski definition) is 3. The van der Waals surface area contributed by atoms with E-state index in [0.717, 1.165) is 23.4 Å². The fourth-order valence-corrected chi connectivity index (χ4v) is 1.73. The van der Waals surface area contributed by atoms with Gasteiger partial charge in [-0.1, -0.05) is 0 Å². The summed E-state index contributed by atoms with van der Waals surface area (Å²) in [5, 5.41) is 17.4. The molecule has 0 aliphatic carbocycles. The highest BCUT2D eigenvalue weighted by Crippen LogP contribution is 2.12. The van der Waals surface area contributed by atoms with Gasteiger partial charge in [0.2, 0.25) is 0 Å². The van der Waals surface area contributed by atoms with Crippen molar-refractivity contribution < 1.29 is 0 Å². The second-order valence-electron chi connectivity index (χ2n) is 3.85. The molecular formula is C11H13N5. The van der Waals surface area contributed by atoms with E-state index in [4.69, 9.17) is 5.26 Å². The van der Waals surface area contributed by atoms with E-state index in [1.54, 1.807) is 16.4 Å². The van der Waals surface area contributed by atoms with E-state index in [2.05, 4.69) is 16.3 Å². The normalized spacial score (nSPS) is 10.4. The third-order valence-electron chi connectivity index (χ3n) is 2.53. The first-order chi connectivity index (χ1) is 7.60. The number of nitriles is 1. The maximum Gasteiger partial charge on any atom is 0.138 e. The van der Waals surface area contributed by atoms with E-state index in [0.29, 0.717) is 5.69 Å². The molecule has 0 atom stereocenters. The van der Waals surface area contributed by atoms with Gasteiger partial charge in [0.05, 0.1) is 11.4 Å². The molecule has 0 bridgehead atoms. The molecule has 2 rings (SSSR count). The lowest BCUT2D eigenvalue weighted by molar-refractivity contribution is 0.739. The molecule has 0 aromatic carbocycles. The molecule has 0 fully saturated rings. The highest BCUT2D eigenvalue weighted by Gasteiger charge is 2.08. The van der Waals surface area contributed by atoms with Crippen LogP contribution in [0.4, 0.5) is 0 Å². The summed E-state index contributed by atoms with van der Waals surface area (Å²) >= 11 is 0. The lowest BCUT2D eigenvalue weighted by atomic mass is 10.1. The van der Waals surface area contributed by atoms with Crippen LogP contribution in [-0.4, -0.2) is 19.6 Å². The summed E-state index contributed by atoms with van der Waals surface area (Å²) in [6.07, 6.45) is 2.70. The molecule has 2 aromatic rings. The number of rotatable bonds is 2. The molecular weight excluding hydrogens is 202 g/mol. The van der Waals surface area contributed by atoms with Gasteiger partial charge < -0.3 is 0 Å². The Morgan fingerprint density at radius 2 is 2.12 bits per heavy atom. The molecule has 0 saturated carbocycles. The van der Waals surface area contributed by atoms with Crippen LogP contribution in [0, 0.1) is 18.3 Å². The van der Waals surface area contributed by atoms with Crippen LogP contribution in [0.15, 0.2) is 12.3 Å². The summed E-state index contributed by atoms with van der Waals surface area (Å²) in [4.78, 5) is 0. The number of nitrogens with zero attached hydrogens (tertiary/aromatic N) is 5. The molecule has 2 heterocycles. The van der Waals surface area contributed by atoms with E-state index in [9.17, 15) is 0 Å². The van der Waals surface area contributed by atoms with Crippen molar-refractivity contribution in [1.29, 1.82) is 5.26 Å². The number of hydrogen-bond donors (Lipinski definition) is 0. The SMILES string of the molecule is Cc1nn(C)cc1Cc1cc(C#N)n(C)n1. The molecule has 82 valence electrons. The van der Waals surface area contributed by atoms with Gasteiger partial charge in [-0.25, -0.2) is 0 Å². The fourth-order valence-electron chi connectivity index (χ4n) is 1.73. The van der Waals surface area contributed by atoms with Crippen molar-refractivity contribution in [2.24, 2.45) is 14.1 Å². The lowest BCUT2D eigenvalue weighted by Gasteiger charge is -1.93. The Kier molecular flexibility index (Phi) is 2.49. The molecule has 0 spiro atoms. The Hall–Kier alpha value is -2.09. The maximum absolute atomic E-state index is 8.83. The van der Waals surface area contributed by atoms with Crippen molar-refractivity contribution in [1.82, 2.24) is 19.6 Å². The van der Waals surface area contributed by atoms with Crippen molar-refractivity contribution in [3.63, 3.8) is 0 Å². The molecule has 0 amide bonds. The summed E-state index contributed by atoms with van der Waals surface area (Å²) in [6.45, 7) is 1.98. The topological polar surface area (TPSA) is 59.4 Å². The summed E-state index contributed by atoms with van der Waals surface area (Å²) in [7, 11) is 3.67. The monoisotopic (exact) mass is 215 g/mol. The van der Waals surface area contributed by atoms with Crippen molar-refractivity contribution in [2.45, 2.75) is 13.3 Å². The van der Waals surface area contributed by atoms with Crippen molar-refractivity contribution in [3.05, 3.63) is 34.9 Å². The lowest BCUT2D eigenvalue weighted by Crippen LogP contribution is -1.95. The third-order valence-corrected chi connectivity index (χ3v) is 2.53. The predicted octanol–water partition coefficient (Wildman–Crippen LogP) is 0.924. The van der Waals surface area contributed by atoms with E-state index >= 15 is 0 Å². The van der Waals surface area contributed by atoms with Gasteiger partial charge in [-0.3, -0.25) is 9.36 Å². The van der Waals surface area contributed by atoms with Crippen LogP contribution >= 0.6 is 0 Å². The molecule has 0 saturated heterocycles. The molecule has 0 aliphatic heterocycles.